The number of nitro groups is 1. The molecular weight excluding hydrogens is 270 g/mol. The monoisotopic (exact) mass is 287 g/mol. The maximum atomic E-state index is 12.3. The molecule has 0 radical (unpaired) electrons. The van der Waals surface area contributed by atoms with Gasteiger partial charge in [-0.3, -0.25) is 10.1 Å². The van der Waals surface area contributed by atoms with Crippen LogP contribution in [0.4, 0.5) is 5.69 Å². The minimum atomic E-state index is -3.72. The molecule has 2 N–H and O–H groups in total. The lowest BCUT2D eigenvalue weighted by Crippen LogP contribution is -2.29. The number of sulfonamides is 1. The van der Waals surface area contributed by atoms with Crippen LogP contribution in [0.1, 0.15) is 12.0 Å². The lowest BCUT2D eigenvalue weighted by atomic mass is 10.2. The third kappa shape index (κ3) is 3.28. The molecule has 0 heterocycles. The Kier molecular flexibility index (Phi) is 4.98. The first-order chi connectivity index (χ1) is 8.82. The Bertz CT molecular complexity index is 571. The van der Waals surface area contributed by atoms with Gasteiger partial charge in [0.2, 0.25) is 10.0 Å². The quantitative estimate of drug-likeness (QED) is 0.617. The smallest absolute Gasteiger partial charge is 0.273 e. The fourth-order valence-electron chi connectivity index (χ4n) is 1.68. The Morgan fingerprint density at radius 1 is 1.42 bits per heavy atom. The highest BCUT2D eigenvalue weighted by Gasteiger charge is 2.26. The van der Waals surface area contributed by atoms with E-state index in [1.54, 1.807) is 0 Å². The second-order valence-corrected chi connectivity index (χ2v) is 6.14. The largest absolute Gasteiger partial charge is 0.330 e. The van der Waals surface area contributed by atoms with Crippen LogP contribution in [0, 0.1) is 17.0 Å². The number of nitrogens with two attached hydrogens (primary N) is 1. The Balaban J connectivity index is 3.22. The van der Waals surface area contributed by atoms with Crippen molar-refractivity contribution in [1.82, 2.24) is 4.31 Å². The molecule has 0 aliphatic heterocycles. The van der Waals surface area contributed by atoms with E-state index < -0.39 is 14.9 Å². The van der Waals surface area contributed by atoms with Crippen molar-refractivity contribution in [3.8, 4) is 0 Å². The van der Waals surface area contributed by atoms with Crippen molar-refractivity contribution < 1.29 is 13.3 Å². The van der Waals surface area contributed by atoms with Crippen molar-refractivity contribution >= 4 is 15.7 Å². The van der Waals surface area contributed by atoms with Crippen molar-refractivity contribution in [2.75, 3.05) is 20.1 Å². The van der Waals surface area contributed by atoms with Gasteiger partial charge >= 0.3 is 0 Å². The van der Waals surface area contributed by atoms with E-state index in [9.17, 15) is 18.5 Å². The van der Waals surface area contributed by atoms with Gasteiger partial charge in [-0.25, -0.2) is 12.7 Å². The van der Waals surface area contributed by atoms with Gasteiger partial charge in [0.05, 0.1) is 9.82 Å². The van der Waals surface area contributed by atoms with Crippen LogP contribution in [0.25, 0.3) is 0 Å². The van der Waals surface area contributed by atoms with Gasteiger partial charge < -0.3 is 5.73 Å². The first kappa shape index (κ1) is 15.5. The van der Waals surface area contributed by atoms with Gasteiger partial charge in [-0.15, -0.1) is 0 Å². The van der Waals surface area contributed by atoms with Gasteiger partial charge in [0.1, 0.15) is 0 Å². The Morgan fingerprint density at radius 2 is 2.05 bits per heavy atom. The van der Waals surface area contributed by atoms with E-state index >= 15 is 0 Å². The standard InChI is InChI=1S/C11H17N3O4S/c1-9-10(14(15)16)5-3-6-11(9)19(17,18)13(2)8-4-7-12/h3,5-6H,4,7-8,12H2,1-2H3. The van der Waals surface area contributed by atoms with Gasteiger partial charge in [0.25, 0.3) is 5.69 Å². The highest BCUT2D eigenvalue weighted by atomic mass is 32.2. The molecule has 0 aliphatic carbocycles. The van der Waals surface area contributed by atoms with Crippen LogP contribution in [-0.4, -0.2) is 37.8 Å². The number of rotatable bonds is 6. The molecule has 1 aromatic carbocycles. The summed E-state index contributed by atoms with van der Waals surface area (Å²) >= 11 is 0. The molecule has 0 bridgehead atoms. The van der Waals surface area contributed by atoms with Crippen LogP contribution < -0.4 is 5.73 Å². The van der Waals surface area contributed by atoms with Crippen LogP contribution in [0.3, 0.4) is 0 Å². The van der Waals surface area contributed by atoms with Crippen molar-refractivity contribution in [2.24, 2.45) is 5.73 Å². The van der Waals surface area contributed by atoms with Crippen molar-refractivity contribution in [1.29, 1.82) is 0 Å². The molecule has 7 nitrogen and oxygen atoms in total. The summed E-state index contributed by atoms with van der Waals surface area (Å²) in [6.45, 7) is 2.09. The number of hydrogen-bond donors (Lipinski definition) is 1. The molecule has 0 saturated heterocycles. The lowest BCUT2D eigenvalue weighted by molar-refractivity contribution is -0.385. The van der Waals surface area contributed by atoms with Gasteiger partial charge in [0, 0.05) is 25.2 Å². The molecule has 0 fully saturated rings. The second-order valence-electron chi connectivity index (χ2n) is 4.13. The van der Waals surface area contributed by atoms with Gasteiger partial charge in [-0.2, -0.15) is 0 Å². The van der Waals surface area contributed by atoms with Crippen molar-refractivity contribution in [3.05, 3.63) is 33.9 Å². The van der Waals surface area contributed by atoms with E-state index in [1.807, 2.05) is 0 Å². The normalized spacial score (nSPS) is 11.8. The minimum absolute atomic E-state index is 0.0405. The molecule has 0 amide bonds. The summed E-state index contributed by atoms with van der Waals surface area (Å²) in [5.41, 5.74) is 5.29. The first-order valence-corrected chi connectivity index (χ1v) is 7.16. The zero-order valence-electron chi connectivity index (χ0n) is 10.9. The molecule has 0 saturated carbocycles. The van der Waals surface area contributed by atoms with Crippen LogP contribution in [0.5, 0.6) is 0 Å². The third-order valence-corrected chi connectivity index (χ3v) is 4.82. The summed E-state index contributed by atoms with van der Waals surface area (Å²) in [7, 11) is -2.29. The Hall–Kier alpha value is -1.51. The Labute approximate surface area is 112 Å². The van der Waals surface area contributed by atoms with E-state index in [1.165, 1.54) is 32.2 Å². The fourth-order valence-corrected chi connectivity index (χ4v) is 3.13. The summed E-state index contributed by atoms with van der Waals surface area (Å²) in [5.74, 6) is 0. The molecule has 1 aromatic rings. The maximum Gasteiger partial charge on any atom is 0.273 e. The number of benzene rings is 1. The van der Waals surface area contributed by atoms with Gasteiger partial charge in [-0.05, 0) is 26.0 Å². The molecule has 0 unspecified atom stereocenters. The summed E-state index contributed by atoms with van der Waals surface area (Å²) in [5, 5.41) is 10.8. The average Bonchev–Trinajstić information content (AvgIpc) is 2.35. The van der Waals surface area contributed by atoms with Crippen LogP contribution in [0.2, 0.25) is 0 Å². The van der Waals surface area contributed by atoms with E-state index in [2.05, 4.69) is 0 Å². The molecule has 0 spiro atoms. The van der Waals surface area contributed by atoms with Crippen LogP contribution in [-0.2, 0) is 10.0 Å². The van der Waals surface area contributed by atoms with E-state index in [-0.39, 0.29) is 22.7 Å². The maximum absolute atomic E-state index is 12.3. The third-order valence-electron chi connectivity index (χ3n) is 2.82. The zero-order valence-corrected chi connectivity index (χ0v) is 11.7. The summed E-state index contributed by atoms with van der Waals surface area (Å²) < 4.78 is 25.8. The van der Waals surface area contributed by atoms with E-state index in [0.717, 1.165) is 4.31 Å². The molecule has 106 valence electrons. The van der Waals surface area contributed by atoms with E-state index in [0.29, 0.717) is 13.0 Å². The van der Waals surface area contributed by atoms with Gasteiger partial charge in [0.15, 0.2) is 0 Å². The lowest BCUT2D eigenvalue weighted by Gasteiger charge is -2.17. The van der Waals surface area contributed by atoms with Crippen LogP contribution >= 0.6 is 0 Å². The number of nitro benzene ring substituents is 1. The molecule has 1 rings (SSSR count). The fraction of sp³-hybridized carbons (Fsp3) is 0.455. The predicted octanol–water partition coefficient (Wildman–Crippen LogP) is 0.873. The minimum Gasteiger partial charge on any atom is -0.330 e. The zero-order chi connectivity index (χ0) is 14.6. The van der Waals surface area contributed by atoms with E-state index in [4.69, 9.17) is 5.73 Å². The Morgan fingerprint density at radius 3 is 2.58 bits per heavy atom. The van der Waals surface area contributed by atoms with Crippen molar-refractivity contribution in [2.45, 2.75) is 18.2 Å². The molecular formula is C11H17N3O4S. The first-order valence-electron chi connectivity index (χ1n) is 5.72. The molecule has 0 atom stereocenters. The second kappa shape index (κ2) is 6.09. The topological polar surface area (TPSA) is 107 Å². The number of nitrogens with zero attached hydrogens (tertiary/aromatic N) is 2. The summed E-state index contributed by atoms with van der Waals surface area (Å²) in [6, 6.07) is 4.03. The molecule has 19 heavy (non-hydrogen) atoms. The highest BCUT2D eigenvalue weighted by molar-refractivity contribution is 7.89. The summed E-state index contributed by atoms with van der Waals surface area (Å²) in [4.78, 5) is 10.2. The highest BCUT2D eigenvalue weighted by Crippen LogP contribution is 2.26. The average molecular weight is 287 g/mol. The van der Waals surface area contributed by atoms with Gasteiger partial charge in [-0.1, -0.05) is 6.07 Å². The van der Waals surface area contributed by atoms with Crippen LogP contribution in [0.15, 0.2) is 23.1 Å². The van der Waals surface area contributed by atoms with Crippen molar-refractivity contribution in [3.63, 3.8) is 0 Å². The number of hydrogen-bond acceptors (Lipinski definition) is 5. The molecule has 0 aromatic heterocycles. The summed E-state index contributed by atoms with van der Waals surface area (Å²) in [6.07, 6.45) is 0.531. The predicted molar refractivity (Wildman–Crippen MR) is 71.3 cm³/mol. The molecule has 0 aliphatic rings. The molecule has 8 heteroatoms. The SMILES string of the molecule is Cc1c([N+](=O)[O-])cccc1S(=O)(=O)N(C)CCCN.